The summed E-state index contributed by atoms with van der Waals surface area (Å²) in [6, 6.07) is -0.0205. The van der Waals surface area contributed by atoms with Gasteiger partial charge in [-0.15, -0.1) is 0 Å². The Morgan fingerprint density at radius 3 is 2.38 bits per heavy atom. The number of nitrogens with zero attached hydrogens (tertiary/aromatic N) is 2. The molecule has 1 aliphatic heterocycles. The largest absolute Gasteiger partial charge is 0.466 e. The SMILES string of the molecule is CCOC(=O)C1CCN(C(=O)[C@@H](C)N(C)CC(=O)NC2CC2)CC1. The second kappa shape index (κ2) is 8.46. The first-order valence-electron chi connectivity index (χ1n) is 8.87. The number of hydrogen-bond donors (Lipinski definition) is 1. The molecular formula is C17H29N3O4. The maximum atomic E-state index is 12.6. The van der Waals surface area contributed by atoms with Crippen LogP contribution in [-0.4, -0.2) is 73.0 Å². The molecular weight excluding hydrogens is 310 g/mol. The minimum atomic E-state index is -0.353. The summed E-state index contributed by atoms with van der Waals surface area (Å²) < 4.78 is 5.05. The molecule has 1 N–H and O–H groups in total. The Balaban J connectivity index is 1.76. The van der Waals surface area contributed by atoms with Gasteiger partial charge in [0, 0.05) is 19.1 Å². The average molecular weight is 339 g/mol. The van der Waals surface area contributed by atoms with Crippen LogP contribution in [0.1, 0.15) is 39.5 Å². The number of carbonyl (C=O) groups is 3. The number of esters is 1. The number of ether oxygens (including phenoxy) is 1. The number of rotatable bonds is 7. The summed E-state index contributed by atoms with van der Waals surface area (Å²) in [4.78, 5) is 39.8. The Morgan fingerprint density at radius 2 is 1.83 bits per heavy atom. The summed E-state index contributed by atoms with van der Waals surface area (Å²) in [6.07, 6.45) is 3.39. The molecule has 1 saturated carbocycles. The maximum Gasteiger partial charge on any atom is 0.309 e. The van der Waals surface area contributed by atoms with Crippen LogP contribution in [0.3, 0.4) is 0 Å². The van der Waals surface area contributed by atoms with Crippen molar-refractivity contribution in [2.24, 2.45) is 5.92 Å². The summed E-state index contributed by atoms with van der Waals surface area (Å²) >= 11 is 0. The minimum Gasteiger partial charge on any atom is -0.466 e. The van der Waals surface area contributed by atoms with E-state index in [9.17, 15) is 14.4 Å². The van der Waals surface area contributed by atoms with E-state index in [1.807, 2.05) is 6.92 Å². The van der Waals surface area contributed by atoms with E-state index in [1.165, 1.54) is 0 Å². The van der Waals surface area contributed by atoms with Gasteiger partial charge in [0.05, 0.1) is 25.1 Å². The lowest BCUT2D eigenvalue weighted by Gasteiger charge is -2.34. The third-order valence-electron chi connectivity index (χ3n) is 4.78. The van der Waals surface area contributed by atoms with E-state index in [1.54, 1.807) is 23.8 Å². The molecule has 1 saturated heterocycles. The molecule has 1 aliphatic carbocycles. The van der Waals surface area contributed by atoms with Gasteiger partial charge in [0.1, 0.15) is 0 Å². The van der Waals surface area contributed by atoms with Crippen LogP contribution in [-0.2, 0) is 19.1 Å². The molecule has 0 spiro atoms. The Labute approximate surface area is 143 Å². The first kappa shape index (κ1) is 18.7. The lowest BCUT2D eigenvalue weighted by atomic mass is 9.96. The van der Waals surface area contributed by atoms with Crippen molar-refractivity contribution in [1.82, 2.24) is 15.1 Å². The molecule has 1 heterocycles. The van der Waals surface area contributed by atoms with Gasteiger partial charge in [0.2, 0.25) is 11.8 Å². The third-order valence-corrected chi connectivity index (χ3v) is 4.78. The highest BCUT2D eigenvalue weighted by molar-refractivity contribution is 5.84. The quantitative estimate of drug-likeness (QED) is 0.679. The second-order valence-electron chi connectivity index (χ2n) is 6.78. The zero-order valence-corrected chi connectivity index (χ0v) is 14.9. The Hall–Kier alpha value is -1.63. The van der Waals surface area contributed by atoms with Gasteiger partial charge in [0.25, 0.3) is 0 Å². The highest BCUT2D eigenvalue weighted by Gasteiger charge is 2.32. The molecule has 2 fully saturated rings. The molecule has 24 heavy (non-hydrogen) atoms. The zero-order chi connectivity index (χ0) is 17.7. The van der Waals surface area contributed by atoms with E-state index in [-0.39, 0.29) is 36.3 Å². The summed E-state index contributed by atoms with van der Waals surface area (Å²) in [6.45, 7) is 5.37. The monoisotopic (exact) mass is 339 g/mol. The topological polar surface area (TPSA) is 79.0 Å². The maximum absolute atomic E-state index is 12.6. The Kier molecular flexibility index (Phi) is 6.60. The molecule has 0 aromatic carbocycles. The fourth-order valence-corrected chi connectivity index (χ4v) is 2.91. The van der Waals surface area contributed by atoms with Gasteiger partial charge in [-0.1, -0.05) is 0 Å². The van der Waals surface area contributed by atoms with Gasteiger partial charge in [-0.25, -0.2) is 0 Å². The molecule has 2 amide bonds. The van der Waals surface area contributed by atoms with Crippen molar-refractivity contribution in [1.29, 1.82) is 0 Å². The predicted octanol–water partition coefficient (Wildman–Crippen LogP) is 0.387. The predicted molar refractivity (Wildman–Crippen MR) is 89.2 cm³/mol. The van der Waals surface area contributed by atoms with E-state index in [0.29, 0.717) is 38.6 Å². The van der Waals surface area contributed by atoms with Gasteiger partial charge in [-0.2, -0.15) is 0 Å². The number of hydrogen-bond acceptors (Lipinski definition) is 5. The van der Waals surface area contributed by atoms with Crippen LogP contribution in [0.5, 0.6) is 0 Å². The summed E-state index contributed by atoms with van der Waals surface area (Å²) in [5.74, 6) is -0.280. The number of amides is 2. The molecule has 1 atom stereocenters. The van der Waals surface area contributed by atoms with Crippen molar-refractivity contribution in [3.05, 3.63) is 0 Å². The van der Waals surface area contributed by atoms with Crippen molar-refractivity contribution in [3.63, 3.8) is 0 Å². The second-order valence-corrected chi connectivity index (χ2v) is 6.78. The van der Waals surface area contributed by atoms with Crippen LogP contribution in [0.2, 0.25) is 0 Å². The molecule has 136 valence electrons. The zero-order valence-electron chi connectivity index (χ0n) is 14.9. The third kappa shape index (κ3) is 5.19. The van der Waals surface area contributed by atoms with E-state index in [0.717, 1.165) is 12.8 Å². The first-order chi connectivity index (χ1) is 11.4. The number of carbonyl (C=O) groups excluding carboxylic acids is 3. The van der Waals surface area contributed by atoms with Crippen LogP contribution in [0.25, 0.3) is 0 Å². The first-order valence-corrected chi connectivity index (χ1v) is 8.87. The summed E-state index contributed by atoms with van der Waals surface area (Å²) in [7, 11) is 1.79. The van der Waals surface area contributed by atoms with Gasteiger partial charge in [-0.3, -0.25) is 19.3 Å². The minimum absolute atomic E-state index is 0.0130. The van der Waals surface area contributed by atoms with Crippen molar-refractivity contribution in [2.75, 3.05) is 33.3 Å². The highest BCUT2D eigenvalue weighted by Crippen LogP contribution is 2.20. The van der Waals surface area contributed by atoms with Gasteiger partial charge in [0.15, 0.2) is 0 Å². The van der Waals surface area contributed by atoms with Crippen LogP contribution < -0.4 is 5.32 Å². The van der Waals surface area contributed by atoms with Gasteiger partial charge < -0.3 is 15.0 Å². The molecule has 7 nitrogen and oxygen atoms in total. The van der Waals surface area contributed by atoms with Crippen LogP contribution in [0, 0.1) is 5.92 Å². The van der Waals surface area contributed by atoms with Crippen molar-refractivity contribution < 1.29 is 19.1 Å². The summed E-state index contributed by atoms with van der Waals surface area (Å²) in [5, 5.41) is 2.93. The molecule has 0 unspecified atom stereocenters. The highest BCUT2D eigenvalue weighted by atomic mass is 16.5. The van der Waals surface area contributed by atoms with Gasteiger partial charge >= 0.3 is 5.97 Å². The fourth-order valence-electron chi connectivity index (χ4n) is 2.91. The van der Waals surface area contributed by atoms with E-state index >= 15 is 0 Å². The van der Waals surface area contributed by atoms with E-state index < -0.39 is 0 Å². The number of likely N-dealkylation sites (N-methyl/N-ethyl adjacent to an activating group) is 1. The average Bonchev–Trinajstić information content (AvgIpc) is 3.37. The number of nitrogens with one attached hydrogen (secondary N) is 1. The molecule has 0 aromatic heterocycles. The molecule has 0 aromatic rings. The molecule has 0 bridgehead atoms. The lowest BCUT2D eigenvalue weighted by Crippen LogP contribution is -2.51. The Bertz CT molecular complexity index is 470. The molecule has 2 aliphatic rings. The van der Waals surface area contributed by atoms with Crippen LogP contribution in [0.4, 0.5) is 0 Å². The van der Waals surface area contributed by atoms with Crippen molar-refractivity contribution in [2.45, 2.75) is 51.6 Å². The van der Waals surface area contributed by atoms with E-state index in [4.69, 9.17) is 4.74 Å². The lowest BCUT2D eigenvalue weighted by molar-refractivity contribution is -0.152. The number of likely N-dealkylation sites (tertiary alicyclic amines) is 1. The van der Waals surface area contributed by atoms with Crippen LogP contribution in [0.15, 0.2) is 0 Å². The van der Waals surface area contributed by atoms with Crippen molar-refractivity contribution >= 4 is 17.8 Å². The smallest absolute Gasteiger partial charge is 0.309 e. The fraction of sp³-hybridized carbons (Fsp3) is 0.824. The number of piperidine rings is 1. The summed E-state index contributed by atoms with van der Waals surface area (Å²) in [5.41, 5.74) is 0. The van der Waals surface area contributed by atoms with E-state index in [2.05, 4.69) is 5.32 Å². The van der Waals surface area contributed by atoms with Crippen molar-refractivity contribution in [3.8, 4) is 0 Å². The standard InChI is InChI=1S/C17H29N3O4/c1-4-24-17(23)13-7-9-20(10-8-13)16(22)12(2)19(3)11-15(21)18-14-5-6-14/h12-14H,4-11H2,1-3H3,(H,18,21)/t12-/m1/s1. The van der Waals surface area contributed by atoms with Gasteiger partial charge in [-0.05, 0) is 46.6 Å². The Morgan fingerprint density at radius 1 is 1.21 bits per heavy atom. The van der Waals surface area contributed by atoms with Crippen LogP contribution >= 0.6 is 0 Å². The normalized spacial score (nSPS) is 19.9. The molecule has 2 rings (SSSR count). The molecule has 0 radical (unpaired) electrons. The molecule has 7 heteroatoms.